The number of nitrogens with zero attached hydrogens (tertiary/aromatic N) is 4. The van der Waals surface area contributed by atoms with Gasteiger partial charge in [-0.15, -0.1) is 0 Å². The quantitative estimate of drug-likeness (QED) is 0.255. The number of hydrogen-bond acceptors (Lipinski definition) is 6. The second-order valence-electron chi connectivity index (χ2n) is 7.34. The average Bonchev–Trinajstić information content (AvgIpc) is 3.21. The van der Waals surface area contributed by atoms with Crippen molar-refractivity contribution in [2.75, 3.05) is 7.11 Å². The number of hydrazone groups is 1. The van der Waals surface area contributed by atoms with E-state index in [1.165, 1.54) is 25.5 Å². The molecule has 1 N–H and O–H groups in total. The van der Waals surface area contributed by atoms with Crippen LogP contribution in [0.4, 0.5) is 5.69 Å². The summed E-state index contributed by atoms with van der Waals surface area (Å²) in [6, 6.07) is 21.1. The van der Waals surface area contributed by atoms with Crippen LogP contribution in [0.15, 0.2) is 78.0 Å². The van der Waals surface area contributed by atoms with Crippen molar-refractivity contribution in [3.63, 3.8) is 0 Å². The van der Waals surface area contributed by atoms with Crippen LogP contribution in [0, 0.1) is 21.4 Å². The number of hydrogen-bond donors (Lipinski definition) is 1. The van der Waals surface area contributed by atoms with Crippen molar-refractivity contribution in [2.45, 2.75) is 6.54 Å². The third-order valence-corrected chi connectivity index (χ3v) is 5.31. The molecule has 0 aliphatic heterocycles. The monoisotopic (exact) mass is 453 g/mol. The van der Waals surface area contributed by atoms with Crippen LogP contribution in [0.3, 0.4) is 0 Å². The third kappa shape index (κ3) is 4.47. The van der Waals surface area contributed by atoms with E-state index in [-0.39, 0.29) is 17.0 Å². The number of nitriles is 1. The van der Waals surface area contributed by atoms with Gasteiger partial charge in [0.2, 0.25) is 0 Å². The van der Waals surface area contributed by atoms with E-state index in [2.05, 4.69) is 16.6 Å². The van der Waals surface area contributed by atoms with E-state index < -0.39 is 10.8 Å². The lowest BCUT2D eigenvalue weighted by molar-refractivity contribution is -0.384. The van der Waals surface area contributed by atoms with Crippen molar-refractivity contribution in [3.05, 3.63) is 105 Å². The van der Waals surface area contributed by atoms with Crippen LogP contribution in [0.2, 0.25) is 0 Å². The molecule has 0 bridgehead atoms. The standard InChI is InChI=1S/C25H19N5O4/c1-34-24-11-10-20(30(32)33)12-22(24)25(31)28-27-14-19-16-29(23-9-5-4-8-21(19)23)15-18-7-3-2-6-17(18)13-26/h2-12,14,16H,15H2,1H3,(H,28,31)/b27-14-. The number of ether oxygens (including phenoxy) is 1. The normalized spacial score (nSPS) is 10.8. The van der Waals surface area contributed by atoms with E-state index in [1.807, 2.05) is 53.2 Å². The lowest BCUT2D eigenvalue weighted by Crippen LogP contribution is -2.18. The van der Waals surface area contributed by atoms with Gasteiger partial charge in [0, 0.05) is 41.3 Å². The average molecular weight is 453 g/mol. The number of nitro benzene ring substituents is 1. The topological polar surface area (TPSA) is 123 Å². The fourth-order valence-electron chi connectivity index (χ4n) is 3.67. The van der Waals surface area contributed by atoms with Crippen molar-refractivity contribution in [1.29, 1.82) is 5.26 Å². The first-order chi connectivity index (χ1) is 16.5. The summed E-state index contributed by atoms with van der Waals surface area (Å²) in [6.07, 6.45) is 3.40. The summed E-state index contributed by atoms with van der Waals surface area (Å²) < 4.78 is 7.15. The number of nitro groups is 1. The molecular formula is C25H19N5O4. The molecule has 0 unspecified atom stereocenters. The number of para-hydroxylation sites is 1. The zero-order valence-corrected chi connectivity index (χ0v) is 18.1. The molecule has 0 spiro atoms. The molecule has 1 heterocycles. The number of non-ortho nitro benzene ring substituents is 1. The van der Waals surface area contributed by atoms with E-state index >= 15 is 0 Å². The minimum atomic E-state index is -0.636. The summed E-state index contributed by atoms with van der Waals surface area (Å²) in [7, 11) is 1.38. The van der Waals surface area contributed by atoms with Gasteiger partial charge < -0.3 is 9.30 Å². The molecular weight excluding hydrogens is 434 g/mol. The first kappa shape index (κ1) is 22.2. The summed E-state index contributed by atoms with van der Waals surface area (Å²) in [5.41, 5.74) is 5.39. The van der Waals surface area contributed by atoms with Crippen molar-refractivity contribution >= 4 is 28.7 Å². The Hall–Kier alpha value is -4.97. The highest BCUT2D eigenvalue weighted by Crippen LogP contribution is 2.24. The van der Waals surface area contributed by atoms with Crippen LogP contribution < -0.4 is 10.2 Å². The third-order valence-electron chi connectivity index (χ3n) is 5.31. The zero-order valence-electron chi connectivity index (χ0n) is 18.1. The first-order valence-corrected chi connectivity index (χ1v) is 10.2. The molecule has 9 nitrogen and oxygen atoms in total. The maximum absolute atomic E-state index is 12.6. The number of nitrogens with one attached hydrogen (secondary N) is 1. The molecule has 34 heavy (non-hydrogen) atoms. The van der Waals surface area contributed by atoms with E-state index in [1.54, 1.807) is 6.07 Å². The van der Waals surface area contributed by atoms with Crippen molar-refractivity contribution < 1.29 is 14.5 Å². The van der Waals surface area contributed by atoms with Gasteiger partial charge in [0.05, 0.1) is 35.4 Å². The second kappa shape index (κ2) is 9.67. The van der Waals surface area contributed by atoms with Gasteiger partial charge in [-0.05, 0) is 23.8 Å². The number of amides is 1. The molecule has 4 aromatic rings. The van der Waals surface area contributed by atoms with Crippen molar-refractivity contribution in [2.24, 2.45) is 5.10 Å². The summed E-state index contributed by atoms with van der Waals surface area (Å²) in [5, 5.41) is 25.4. The highest BCUT2D eigenvalue weighted by Gasteiger charge is 2.17. The smallest absolute Gasteiger partial charge is 0.275 e. The number of methoxy groups -OCH3 is 1. The Morgan fingerprint density at radius 2 is 1.97 bits per heavy atom. The summed E-state index contributed by atoms with van der Waals surface area (Å²) in [6.45, 7) is 0.495. The Balaban J connectivity index is 1.60. The number of carbonyl (C=O) groups is 1. The maximum Gasteiger partial charge on any atom is 0.275 e. The van der Waals surface area contributed by atoms with Gasteiger partial charge in [-0.1, -0.05) is 36.4 Å². The van der Waals surface area contributed by atoms with Gasteiger partial charge in [-0.3, -0.25) is 14.9 Å². The Kier molecular flexibility index (Phi) is 6.32. The molecule has 0 saturated carbocycles. The lowest BCUT2D eigenvalue weighted by atomic mass is 10.1. The predicted octanol–water partition coefficient (Wildman–Crippen LogP) is 4.24. The molecule has 0 aliphatic carbocycles. The second-order valence-corrected chi connectivity index (χ2v) is 7.34. The lowest BCUT2D eigenvalue weighted by Gasteiger charge is -2.07. The van der Waals surface area contributed by atoms with Gasteiger partial charge >= 0.3 is 0 Å². The largest absolute Gasteiger partial charge is 0.496 e. The Bertz CT molecular complexity index is 1470. The number of carbonyl (C=O) groups excluding carboxylic acids is 1. The van der Waals surface area contributed by atoms with Gasteiger partial charge in [-0.2, -0.15) is 10.4 Å². The fourth-order valence-corrected chi connectivity index (χ4v) is 3.67. The van der Waals surface area contributed by atoms with Crippen LogP contribution in [0.5, 0.6) is 5.75 Å². The van der Waals surface area contributed by atoms with E-state index in [0.29, 0.717) is 12.1 Å². The van der Waals surface area contributed by atoms with Gasteiger partial charge in [0.15, 0.2) is 0 Å². The van der Waals surface area contributed by atoms with E-state index in [9.17, 15) is 20.2 Å². The number of fused-ring (bicyclic) bond motifs is 1. The van der Waals surface area contributed by atoms with Crippen LogP contribution in [0.1, 0.15) is 27.0 Å². The molecule has 168 valence electrons. The minimum absolute atomic E-state index is 0.00406. The Morgan fingerprint density at radius 3 is 2.74 bits per heavy atom. The van der Waals surface area contributed by atoms with E-state index in [0.717, 1.165) is 28.1 Å². The molecule has 1 amide bonds. The molecule has 0 aliphatic rings. The Labute approximate surface area is 194 Å². The maximum atomic E-state index is 12.6. The molecule has 1 aromatic heterocycles. The van der Waals surface area contributed by atoms with Crippen LogP contribution >= 0.6 is 0 Å². The Morgan fingerprint density at radius 1 is 1.21 bits per heavy atom. The van der Waals surface area contributed by atoms with Gasteiger partial charge in [0.1, 0.15) is 5.75 Å². The number of aromatic nitrogens is 1. The molecule has 0 saturated heterocycles. The fraction of sp³-hybridized carbons (Fsp3) is 0.0800. The highest BCUT2D eigenvalue weighted by atomic mass is 16.6. The van der Waals surface area contributed by atoms with Crippen LogP contribution in [-0.2, 0) is 6.54 Å². The molecule has 0 fully saturated rings. The summed E-state index contributed by atoms with van der Waals surface area (Å²) in [5.74, 6) is -0.436. The van der Waals surface area contributed by atoms with Crippen molar-refractivity contribution in [1.82, 2.24) is 9.99 Å². The van der Waals surface area contributed by atoms with Crippen LogP contribution in [0.25, 0.3) is 10.9 Å². The SMILES string of the molecule is COc1ccc([N+](=O)[O-])cc1C(=O)N/N=C\c1cn(Cc2ccccc2C#N)c2ccccc12. The highest BCUT2D eigenvalue weighted by molar-refractivity contribution is 6.01. The van der Waals surface area contributed by atoms with E-state index in [4.69, 9.17) is 4.74 Å². The molecule has 4 rings (SSSR count). The summed E-state index contributed by atoms with van der Waals surface area (Å²) >= 11 is 0. The number of benzene rings is 3. The predicted molar refractivity (Wildman–Crippen MR) is 127 cm³/mol. The van der Waals surface area contributed by atoms with Gasteiger partial charge in [-0.25, -0.2) is 5.43 Å². The number of rotatable bonds is 7. The van der Waals surface area contributed by atoms with Crippen molar-refractivity contribution in [3.8, 4) is 11.8 Å². The molecule has 0 radical (unpaired) electrons. The zero-order chi connectivity index (χ0) is 24.1. The molecule has 3 aromatic carbocycles. The molecule has 9 heteroatoms. The summed E-state index contributed by atoms with van der Waals surface area (Å²) in [4.78, 5) is 23.1. The van der Waals surface area contributed by atoms with Gasteiger partial charge in [0.25, 0.3) is 11.6 Å². The van der Waals surface area contributed by atoms with Crippen LogP contribution in [-0.4, -0.2) is 28.7 Å². The minimum Gasteiger partial charge on any atom is -0.496 e. The first-order valence-electron chi connectivity index (χ1n) is 10.2. The molecule has 0 atom stereocenters.